The van der Waals surface area contributed by atoms with E-state index in [4.69, 9.17) is 24.7 Å². The van der Waals surface area contributed by atoms with E-state index in [1.165, 1.54) is 38.5 Å². The van der Waals surface area contributed by atoms with Crippen molar-refractivity contribution in [3.63, 3.8) is 0 Å². The van der Waals surface area contributed by atoms with Crippen molar-refractivity contribution in [3.8, 4) is 23.0 Å². The number of phenols is 2. The molecule has 0 fully saturated rings. The number of nitrogens with zero attached hydrogens (tertiary/aromatic N) is 1. The summed E-state index contributed by atoms with van der Waals surface area (Å²) in [7, 11) is 2.77. The first-order valence-corrected chi connectivity index (χ1v) is 13.0. The first kappa shape index (κ1) is 28.3. The van der Waals surface area contributed by atoms with Crippen LogP contribution in [0.2, 0.25) is 0 Å². The molecule has 4 N–H and O–H groups in total. The number of thiazole rings is 1. The number of benzene rings is 2. The lowest BCUT2D eigenvalue weighted by atomic mass is 9.83. The molecule has 1 aliphatic rings. The van der Waals surface area contributed by atoms with Gasteiger partial charge in [0.15, 0.2) is 23.0 Å². The lowest BCUT2D eigenvalue weighted by molar-refractivity contribution is -0.138. The summed E-state index contributed by atoms with van der Waals surface area (Å²) in [6.45, 7) is 3.30. The van der Waals surface area contributed by atoms with Gasteiger partial charge < -0.3 is 34.9 Å². The maximum atomic E-state index is 13.7. The molecule has 0 saturated carbocycles. The summed E-state index contributed by atoms with van der Waals surface area (Å²) in [5.74, 6) is -2.80. The number of nitrogens with two attached hydrogens (primary N) is 1. The van der Waals surface area contributed by atoms with Gasteiger partial charge in [0.05, 0.1) is 49.0 Å². The summed E-state index contributed by atoms with van der Waals surface area (Å²) in [5.41, 5.74) is 6.70. The molecule has 0 spiro atoms. The molecule has 2 aromatic carbocycles. The van der Waals surface area contributed by atoms with Crippen LogP contribution in [0.1, 0.15) is 30.9 Å². The van der Waals surface area contributed by atoms with E-state index in [1.807, 2.05) is 0 Å². The monoisotopic (exact) mass is 568 g/mol. The number of carbonyl (C=O) groups is 2. The Bertz CT molecular complexity index is 1700. The standard InChI is InChI=1S/C28H28N2O9S/c1-5-38-27(34)22-21(15-8-10-17(32)19(13-15)37-4)23(28(35)39-6-2)26-30(24(22)29)25(33)20(40-26)12-14-7-9-16(31)18(11-14)36-3/h7-13,21,31-32H,5-6,29H2,1-4H3. The third kappa shape index (κ3) is 5.00. The second-order valence-corrected chi connectivity index (χ2v) is 9.54. The van der Waals surface area contributed by atoms with Crippen molar-refractivity contribution in [2.75, 3.05) is 27.4 Å². The van der Waals surface area contributed by atoms with Crippen molar-refractivity contribution < 1.29 is 38.7 Å². The molecule has 1 unspecified atom stereocenters. The number of carbonyl (C=O) groups excluding carboxylic acids is 2. The van der Waals surface area contributed by atoms with Gasteiger partial charge in [-0.3, -0.25) is 9.36 Å². The molecule has 4 rings (SSSR count). The molecule has 11 nitrogen and oxygen atoms in total. The van der Waals surface area contributed by atoms with Crippen molar-refractivity contribution in [3.05, 3.63) is 72.6 Å². The number of fused-ring (bicyclic) bond motifs is 1. The number of aromatic nitrogens is 1. The zero-order valence-corrected chi connectivity index (χ0v) is 23.0. The van der Waals surface area contributed by atoms with Gasteiger partial charge >= 0.3 is 11.9 Å². The molecule has 1 aliphatic heterocycles. The van der Waals surface area contributed by atoms with Gasteiger partial charge in [0.2, 0.25) is 0 Å². The Balaban J connectivity index is 2.12. The van der Waals surface area contributed by atoms with Crippen molar-refractivity contribution >= 4 is 40.7 Å². The Labute approximate surface area is 232 Å². The van der Waals surface area contributed by atoms with Crippen LogP contribution in [0.15, 0.2) is 46.8 Å². The molecule has 1 aromatic heterocycles. The number of esters is 2. The van der Waals surface area contributed by atoms with E-state index in [2.05, 4.69) is 0 Å². The average molecular weight is 569 g/mol. The van der Waals surface area contributed by atoms with Gasteiger partial charge in [-0.2, -0.15) is 0 Å². The van der Waals surface area contributed by atoms with E-state index in [-0.39, 0.29) is 62.4 Å². The minimum absolute atomic E-state index is 0.00289. The van der Waals surface area contributed by atoms with Gasteiger partial charge in [-0.05, 0) is 55.3 Å². The quantitative estimate of drug-likeness (QED) is 0.339. The molecular weight excluding hydrogens is 540 g/mol. The number of hydrogen-bond acceptors (Lipinski definition) is 11. The number of aromatic hydroxyl groups is 2. The number of methoxy groups -OCH3 is 2. The van der Waals surface area contributed by atoms with Crippen LogP contribution in [-0.4, -0.2) is 54.2 Å². The second kappa shape index (κ2) is 11.6. The lowest BCUT2D eigenvalue weighted by Crippen LogP contribution is -2.42. The smallest absolute Gasteiger partial charge is 0.338 e. The molecule has 1 atom stereocenters. The average Bonchev–Trinajstić information content (AvgIpc) is 3.25. The molecule has 0 bridgehead atoms. The Hall–Kier alpha value is -4.71. The first-order valence-electron chi connectivity index (χ1n) is 12.2. The number of hydrogen-bond donors (Lipinski definition) is 3. The minimum Gasteiger partial charge on any atom is -0.504 e. The zero-order valence-electron chi connectivity index (χ0n) is 22.2. The van der Waals surface area contributed by atoms with Gasteiger partial charge in [-0.25, -0.2) is 9.59 Å². The maximum Gasteiger partial charge on any atom is 0.338 e. The van der Waals surface area contributed by atoms with Crippen molar-refractivity contribution in [1.82, 2.24) is 4.57 Å². The summed E-state index contributed by atoms with van der Waals surface area (Å²) in [6, 6.07) is 8.92. The molecule has 0 amide bonds. The highest BCUT2D eigenvalue weighted by molar-refractivity contribution is 7.07. The van der Waals surface area contributed by atoms with Gasteiger partial charge in [-0.1, -0.05) is 12.1 Å². The van der Waals surface area contributed by atoms with E-state index in [0.29, 0.717) is 11.1 Å². The molecule has 210 valence electrons. The fraction of sp³-hybridized carbons (Fsp3) is 0.250. The maximum absolute atomic E-state index is 13.7. The Kier molecular flexibility index (Phi) is 8.19. The van der Waals surface area contributed by atoms with Gasteiger partial charge in [0.1, 0.15) is 10.5 Å². The Morgan fingerprint density at radius 2 is 1.52 bits per heavy atom. The second-order valence-electron chi connectivity index (χ2n) is 8.51. The fourth-order valence-corrected chi connectivity index (χ4v) is 5.57. The summed E-state index contributed by atoms with van der Waals surface area (Å²) >= 11 is 0.986. The summed E-state index contributed by atoms with van der Waals surface area (Å²) in [5, 5.41) is 20.1. The van der Waals surface area contributed by atoms with Crippen LogP contribution in [0, 0.1) is 0 Å². The first-order chi connectivity index (χ1) is 19.2. The third-order valence-corrected chi connectivity index (χ3v) is 7.29. The minimum atomic E-state index is -1.10. The van der Waals surface area contributed by atoms with Crippen molar-refractivity contribution in [2.24, 2.45) is 5.73 Å². The molecule has 2 heterocycles. The number of phenolic OH excluding ortho intramolecular Hbond substituents is 2. The fourth-order valence-electron chi connectivity index (χ4n) is 4.41. The molecule has 40 heavy (non-hydrogen) atoms. The molecule has 0 radical (unpaired) electrons. The highest BCUT2D eigenvalue weighted by Crippen LogP contribution is 2.40. The highest BCUT2D eigenvalue weighted by Gasteiger charge is 2.40. The topological polar surface area (TPSA) is 160 Å². The summed E-state index contributed by atoms with van der Waals surface area (Å²) < 4.78 is 22.5. The Morgan fingerprint density at radius 1 is 0.950 bits per heavy atom. The predicted octanol–water partition coefficient (Wildman–Crippen LogP) is 1.37. The molecule has 0 aliphatic carbocycles. The molecular formula is C28H28N2O9S. The summed E-state index contributed by atoms with van der Waals surface area (Å²) in [6.07, 6.45) is 1.55. The number of ether oxygens (including phenoxy) is 4. The van der Waals surface area contributed by atoms with E-state index < -0.39 is 23.4 Å². The van der Waals surface area contributed by atoms with E-state index in [1.54, 1.807) is 32.1 Å². The van der Waals surface area contributed by atoms with Crippen LogP contribution in [0.5, 0.6) is 23.0 Å². The van der Waals surface area contributed by atoms with Gasteiger partial charge in [-0.15, -0.1) is 11.3 Å². The Morgan fingerprint density at radius 3 is 2.12 bits per heavy atom. The van der Waals surface area contributed by atoms with E-state index in [9.17, 15) is 24.6 Å². The summed E-state index contributed by atoms with van der Waals surface area (Å²) in [4.78, 5) is 40.4. The third-order valence-electron chi connectivity index (χ3n) is 6.18. The van der Waals surface area contributed by atoms with Crippen LogP contribution in [-0.2, 0) is 19.1 Å². The number of rotatable bonds is 8. The molecule has 3 aromatic rings. The van der Waals surface area contributed by atoms with Crippen LogP contribution in [0.25, 0.3) is 17.5 Å². The van der Waals surface area contributed by atoms with Gasteiger partial charge in [0.25, 0.3) is 5.56 Å². The molecule has 12 heteroatoms. The normalized spacial score (nSPS) is 15.1. The SMILES string of the molecule is CCOC(=O)C1=C(N)n2c(sc(=Cc3ccc(O)c(OC)c3)c2=O)=C(C(=O)OCC)C1c1ccc(O)c(OC)c1. The zero-order chi connectivity index (χ0) is 29.1. The van der Waals surface area contributed by atoms with E-state index >= 15 is 0 Å². The van der Waals surface area contributed by atoms with Crippen LogP contribution < -0.4 is 30.0 Å². The lowest BCUT2D eigenvalue weighted by Gasteiger charge is -2.27. The van der Waals surface area contributed by atoms with E-state index in [0.717, 1.165) is 15.9 Å². The van der Waals surface area contributed by atoms with Crippen LogP contribution in [0.4, 0.5) is 0 Å². The molecule has 0 saturated heterocycles. The van der Waals surface area contributed by atoms with Crippen molar-refractivity contribution in [1.29, 1.82) is 0 Å². The van der Waals surface area contributed by atoms with Gasteiger partial charge in [0, 0.05) is 0 Å². The highest BCUT2D eigenvalue weighted by atomic mass is 32.1. The van der Waals surface area contributed by atoms with Crippen molar-refractivity contribution in [2.45, 2.75) is 19.8 Å². The predicted molar refractivity (Wildman–Crippen MR) is 148 cm³/mol. The van der Waals surface area contributed by atoms with Crippen LogP contribution >= 0.6 is 11.3 Å². The van der Waals surface area contributed by atoms with Crippen LogP contribution in [0.3, 0.4) is 0 Å². The largest absolute Gasteiger partial charge is 0.504 e.